The molecule has 324 valence electrons. The predicted molar refractivity (Wildman–Crippen MR) is 214 cm³/mol. The number of hydrogen-bond acceptors (Lipinski definition) is 12. The van der Waals surface area contributed by atoms with E-state index in [1.54, 1.807) is 0 Å². The molecule has 18 aliphatic rings. The summed E-state index contributed by atoms with van der Waals surface area (Å²) in [6, 6.07) is 0. The molecule has 0 amide bonds. The molecule has 12 aliphatic heterocycles. The molecule has 12 nitrogen and oxygen atoms in total. The monoisotopic (exact) mass is 828 g/mol. The second kappa shape index (κ2) is 15.9. The zero-order valence-corrected chi connectivity index (χ0v) is 34.3. The summed E-state index contributed by atoms with van der Waals surface area (Å²) in [6.45, 7) is 5.70. The van der Waals surface area contributed by atoms with E-state index in [1.807, 2.05) is 0 Å². The van der Waals surface area contributed by atoms with Crippen molar-refractivity contribution in [3.8, 4) is 0 Å². The van der Waals surface area contributed by atoms with Crippen LogP contribution < -0.4 is 0 Å². The lowest BCUT2D eigenvalue weighted by atomic mass is 9.92. The molecule has 0 bridgehead atoms. The Morgan fingerprint density at radius 3 is 2.00 bits per heavy atom. The number of rotatable bonds is 6. The molecule has 0 aromatic rings. The summed E-state index contributed by atoms with van der Waals surface area (Å²) in [4.78, 5) is 0. The Balaban J connectivity index is 0.0000000741. The molecular weight excluding hydrogens is 769 g/mol. The maximum atomic E-state index is 5.45. The third kappa shape index (κ3) is 9.56. The van der Waals surface area contributed by atoms with Gasteiger partial charge in [-0.1, -0.05) is 54.7 Å². The van der Waals surface area contributed by atoms with Gasteiger partial charge in [0.15, 0.2) is 0 Å². The summed E-state index contributed by atoms with van der Waals surface area (Å²) < 4.78 is 63.6. The van der Waals surface area contributed by atoms with Gasteiger partial charge in [0, 0.05) is 17.8 Å². The van der Waals surface area contributed by atoms with Gasteiger partial charge in [-0.05, 0) is 74.5 Å². The standard InChI is InChI=1S/6C8H10O2/c3*1-2-6-7(10-6)3-5(1)8-4-9-8;3*1-2-5(7-4-9-7)8-6(3-1)10-8/h3,6-8H,1-2,4H2;1,6-8H,2-4H2;1-2,5-8H,3-4H2;2,6-8H,1,3-4H2;1,3,5-8H,2,4H2;1-2,5-8H,3-4H2. The quantitative estimate of drug-likeness (QED) is 0.267. The van der Waals surface area contributed by atoms with Crippen LogP contribution in [0.5, 0.6) is 0 Å². The first-order valence-electron chi connectivity index (χ1n) is 23.4. The molecule has 60 heavy (non-hydrogen) atoms. The van der Waals surface area contributed by atoms with Crippen molar-refractivity contribution in [2.45, 2.75) is 168 Å². The van der Waals surface area contributed by atoms with Gasteiger partial charge in [0.1, 0.15) is 42.7 Å². The van der Waals surface area contributed by atoms with Crippen LogP contribution in [0.2, 0.25) is 0 Å². The van der Waals surface area contributed by atoms with E-state index in [0.29, 0.717) is 128 Å². The minimum absolute atomic E-state index is 0.440. The first kappa shape index (κ1) is 38.4. The van der Waals surface area contributed by atoms with Crippen molar-refractivity contribution in [3.05, 3.63) is 71.4 Å². The van der Waals surface area contributed by atoms with Crippen molar-refractivity contribution in [2.75, 3.05) is 39.6 Å². The molecule has 12 saturated heterocycles. The molecule has 0 saturated carbocycles. The third-order valence-electron chi connectivity index (χ3n) is 15.0. The van der Waals surface area contributed by atoms with Crippen molar-refractivity contribution < 1.29 is 56.8 Å². The van der Waals surface area contributed by atoms with E-state index in [2.05, 4.69) is 54.7 Å². The van der Waals surface area contributed by atoms with E-state index in [-0.39, 0.29) is 0 Å². The zero-order chi connectivity index (χ0) is 39.3. The molecule has 21 atom stereocenters. The van der Waals surface area contributed by atoms with Crippen LogP contribution in [0.15, 0.2) is 71.4 Å². The fourth-order valence-electron chi connectivity index (χ4n) is 10.4. The number of fused-ring (bicyclic) bond motifs is 6. The van der Waals surface area contributed by atoms with E-state index in [1.165, 1.54) is 48.8 Å². The van der Waals surface area contributed by atoms with Crippen LogP contribution in [0.4, 0.5) is 0 Å². The van der Waals surface area contributed by atoms with Crippen molar-refractivity contribution in [3.63, 3.8) is 0 Å². The van der Waals surface area contributed by atoms with Crippen molar-refractivity contribution in [1.29, 1.82) is 0 Å². The molecule has 0 aromatic heterocycles. The molecule has 0 radical (unpaired) electrons. The Bertz CT molecular complexity index is 1800. The van der Waals surface area contributed by atoms with E-state index in [4.69, 9.17) is 56.8 Å². The van der Waals surface area contributed by atoms with Crippen molar-refractivity contribution in [2.24, 2.45) is 17.8 Å². The molecule has 0 aromatic carbocycles. The fourth-order valence-corrected chi connectivity index (χ4v) is 10.4. The minimum Gasteiger partial charge on any atom is -0.373 e. The maximum Gasteiger partial charge on any atom is 0.108 e. The van der Waals surface area contributed by atoms with E-state index in [0.717, 1.165) is 65.3 Å². The van der Waals surface area contributed by atoms with Gasteiger partial charge in [0.25, 0.3) is 0 Å². The Hall–Kier alpha value is -2.04. The van der Waals surface area contributed by atoms with Crippen LogP contribution in [0.3, 0.4) is 0 Å². The summed E-state index contributed by atoms with van der Waals surface area (Å²) in [5, 5.41) is 0. The van der Waals surface area contributed by atoms with Crippen LogP contribution in [0.1, 0.15) is 57.8 Å². The molecule has 12 heterocycles. The minimum atomic E-state index is 0.440. The van der Waals surface area contributed by atoms with Gasteiger partial charge in [-0.3, -0.25) is 0 Å². The smallest absolute Gasteiger partial charge is 0.108 e. The highest BCUT2D eigenvalue weighted by atomic mass is 16.6. The Labute approximate surface area is 352 Å². The predicted octanol–water partition coefficient (Wildman–Crippen LogP) is 4.80. The molecule has 0 N–H and O–H groups in total. The van der Waals surface area contributed by atoms with E-state index < -0.39 is 0 Å². The number of ether oxygens (including phenoxy) is 12. The average molecular weight is 829 g/mol. The Morgan fingerprint density at radius 2 is 1.25 bits per heavy atom. The van der Waals surface area contributed by atoms with Crippen molar-refractivity contribution in [1.82, 2.24) is 0 Å². The first-order chi connectivity index (χ1) is 29.6. The Kier molecular flexibility index (Phi) is 10.2. The van der Waals surface area contributed by atoms with Crippen LogP contribution in [-0.2, 0) is 56.8 Å². The highest BCUT2D eigenvalue weighted by molar-refractivity contribution is 5.28. The average Bonchev–Trinajstić information content (AvgIpc) is 4.10. The van der Waals surface area contributed by atoms with Crippen molar-refractivity contribution >= 4 is 0 Å². The Morgan fingerprint density at radius 1 is 0.467 bits per heavy atom. The van der Waals surface area contributed by atoms with Crippen LogP contribution in [0, 0.1) is 17.8 Å². The van der Waals surface area contributed by atoms with Gasteiger partial charge in [0.05, 0.1) is 107 Å². The molecule has 12 fully saturated rings. The lowest BCUT2D eigenvalue weighted by Crippen LogP contribution is -2.18. The van der Waals surface area contributed by atoms with Crippen LogP contribution >= 0.6 is 0 Å². The van der Waals surface area contributed by atoms with E-state index in [9.17, 15) is 0 Å². The normalized spacial score (nSPS) is 52.8. The second-order valence-electron chi connectivity index (χ2n) is 19.5. The molecule has 12 heteroatoms. The lowest BCUT2D eigenvalue weighted by Gasteiger charge is -2.10. The molecule has 6 aliphatic carbocycles. The van der Waals surface area contributed by atoms with Gasteiger partial charge in [-0.15, -0.1) is 0 Å². The van der Waals surface area contributed by atoms with Gasteiger partial charge in [-0.25, -0.2) is 0 Å². The first-order valence-corrected chi connectivity index (χ1v) is 23.4. The van der Waals surface area contributed by atoms with Gasteiger partial charge >= 0.3 is 0 Å². The van der Waals surface area contributed by atoms with Gasteiger partial charge in [-0.2, -0.15) is 0 Å². The lowest BCUT2D eigenvalue weighted by molar-refractivity contribution is 0.265. The topological polar surface area (TPSA) is 150 Å². The summed E-state index contributed by atoms with van der Waals surface area (Å²) in [7, 11) is 0. The fraction of sp³-hybridized carbons (Fsp3) is 0.750. The van der Waals surface area contributed by atoms with E-state index >= 15 is 0 Å². The molecule has 21 unspecified atom stereocenters. The molecular formula is C48H60O12. The van der Waals surface area contributed by atoms with Gasteiger partial charge in [0.2, 0.25) is 0 Å². The summed E-state index contributed by atoms with van der Waals surface area (Å²) in [6.07, 6.45) is 39.9. The summed E-state index contributed by atoms with van der Waals surface area (Å²) in [5.41, 5.74) is 4.40. The largest absolute Gasteiger partial charge is 0.373 e. The summed E-state index contributed by atoms with van der Waals surface area (Å²) in [5.74, 6) is 1.91. The number of hydrogen-bond donors (Lipinski definition) is 0. The maximum absolute atomic E-state index is 5.45. The number of epoxide rings is 12. The SMILES string of the molecule is C1=C(C2CO2)C2OC2CC1.C1=C(C2CO2)CC2OC2C1.C1=C(C2CO2)CCC2OC12.C1=CC(C2CO2)C2OC2C1.C1=CC2OC2C(C2CO2)C1.C1=CC2OC2CC1C1CO1. The van der Waals surface area contributed by atoms with Crippen LogP contribution in [-0.4, -0.2) is 150 Å². The highest BCUT2D eigenvalue weighted by Crippen LogP contribution is 2.45. The number of allylic oxidation sites excluding steroid dienone is 2. The molecule has 18 rings (SSSR count). The molecule has 0 spiro atoms. The summed E-state index contributed by atoms with van der Waals surface area (Å²) >= 11 is 0. The highest BCUT2D eigenvalue weighted by Gasteiger charge is 2.53. The zero-order valence-electron chi connectivity index (χ0n) is 34.3. The van der Waals surface area contributed by atoms with Crippen LogP contribution in [0.25, 0.3) is 0 Å². The third-order valence-corrected chi connectivity index (χ3v) is 15.0. The second-order valence-corrected chi connectivity index (χ2v) is 19.5. The van der Waals surface area contributed by atoms with Gasteiger partial charge < -0.3 is 56.8 Å².